The van der Waals surface area contributed by atoms with Gasteiger partial charge in [0.1, 0.15) is 12.1 Å². The molecule has 0 bridgehead atoms. The number of rotatable bonds is 10. The number of ether oxygens (including phenoxy) is 2. The topological polar surface area (TPSA) is 135 Å². The minimum atomic E-state index is -0.933. The molecule has 3 amide bonds. The summed E-state index contributed by atoms with van der Waals surface area (Å²) in [5.41, 5.74) is 0.852. The molecule has 45 heavy (non-hydrogen) atoms. The van der Waals surface area contributed by atoms with Crippen molar-refractivity contribution in [3.05, 3.63) is 93.0 Å². The van der Waals surface area contributed by atoms with Gasteiger partial charge >= 0.3 is 0 Å². The van der Waals surface area contributed by atoms with Crippen molar-refractivity contribution in [2.75, 3.05) is 52.0 Å². The van der Waals surface area contributed by atoms with E-state index in [1.807, 2.05) is 53.4 Å². The van der Waals surface area contributed by atoms with E-state index in [0.717, 1.165) is 17.3 Å². The maximum absolute atomic E-state index is 14.0. The van der Waals surface area contributed by atoms with Crippen LogP contribution in [0.5, 0.6) is 11.5 Å². The molecule has 13 heteroatoms. The third-order valence-corrected chi connectivity index (χ3v) is 8.68. The molecule has 0 radical (unpaired) electrons. The highest BCUT2D eigenvalue weighted by Gasteiger charge is 2.54. The number of amides is 3. The maximum Gasteiger partial charge on any atom is 0.270 e. The SMILES string of the molecule is COc1ccc(CCNC(=O)CN2CN(c3ccccc3)C3(CCN(C(=O)c4ccc([N+](=O)[O-])cc4Cl)CC3)C2=O)cc1OC. The number of hydrogen-bond acceptors (Lipinski definition) is 8. The Labute approximate surface area is 265 Å². The second kappa shape index (κ2) is 13.4. The Balaban J connectivity index is 1.25. The number of halogens is 1. The Morgan fingerprint density at radius 1 is 1.00 bits per heavy atom. The number of nitrogens with zero attached hydrogens (tertiary/aromatic N) is 4. The van der Waals surface area contributed by atoms with Crippen LogP contribution in [0.4, 0.5) is 11.4 Å². The highest BCUT2D eigenvalue weighted by Crippen LogP contribution is 2.40. The predicted molar refractivity (Wildman–Crippen MR) is 168 cm³/mol. The molecular formula is C32H34ClN5O7. The second-order valence-corrected chi connectivity index (χ2v) is 11.3. The van der Waals surface area contributed by atoms with Gasteiger partial charge in [0, 0.05) is 37.5 Å². The molecule has 236 valence electrons. The predicted octanol–water partition coefficient (Wildman–Crippen LogP) is 3.91. The van der Waals surface area contributed by atoms with E-state index in [1.54, 1.807) is 24.0 Å². The van der Waals surface area contributed by atoms with E-state index in [1.165, 1.54) is 12.1 Å². The van der Waals surface area contributed by atoms with Gasteiger partial charge in [0.2, 0.25) is 5.91 Å². The van der Waals surface area contributed by atoms with Crippen molar-refractivity contribution in [2.24, 2.45) is 0 Å². The largest absolute Gasteiger partial charge is 0.493 e. The number of nitro groups is 1. The minimum Gasteiger partial charge on any atom is -0.493 e. The van der Waals surface area contributed by atoms with Crippen molar-refractivity contribution in [1.29, 1.82) is 0 Å². The summed E-state index contributed by atoms with van der Waals surface area (Å²) >= 11 is 6.23. The zero-order valence-corrected chi connectivity index (χ0v) is 25.8. The number of carbonyl (C=O) groups excluding carboxylic acids is 3. The molecule has 2 saturated heterocycles. The molecule has 3 aromatic carbocycles. The number of para-hydroxylation sites is 1. The van der Waals surface area contributed by atoms with Crippen LogP contribution in [0.2, 0.25) is 5.02 Å². The number of piperidine rings is 1. The van der Waals surface area contributed by atoms with Gasteiger partial charge in [-0.15, -0.1) is 0 Å². The van der Waals surface area contributed by atoms with Gasteiger partial charge in [0.05, 0.1) is 36.4 Å². The molecule has 5 rings (SSSR count). The van der Waals surface area contributed by atoms with Gasteiger partial charge < -0.3 is 29.5 Å². The van der Waals surface area contributed by atoms with Gasteiger partial charge in [-0.3, -0.25) is 24.5 Å². The molecule has 1 N–H and O–H groups in total. The van der Waals surface area contributed by atoms with Crippen molar-refractivity contribution >= 4 is 40.7 Å². The van der Waals surface area contributed by atoms with E-state index < -0.39 is 10.5 Å². The van der Waals surface area contributed by atoms with Crippen molar-refractivity contribution in [2.45, 2.75) is 24.8 Å². The van der Waals surface area contributed by atoms with E-state index in [9.17, 15) is 24.5 Å². The van der Waals surface area contributed by atoms with Crippen LogP contribution in [0.1, 0.15) is 28.8 Å². The summed E-state index contributed by atoms with van der Waals surface area (Å²) in [7, 11) is 3.14. The number of benzene rings is 3. The molecular weight excluding hydrogens is 602 g/mol. The summed E-state index contributed by atoms with van der Waals surface area (Å²) < 4.78 is 10.6. The van der Waals surface area contributed by atoms with Gasteiger partial charge in [-0.1, -0.05) is 35.9 Å². The lowest BCUT2D eigenvalue weighted by Crippen LogP contribution is -2.57. The first-order valence-corrected chi connectivity index (χ1v) is 14.9. The van der Waals surface area contributed by atoms with Gasteiger partial charge in [0.25, 0.3) is 17.5 Å². The van der Waals surface area contributed by atoms with E-state index in [4.69, 9.17) is 21.1 Å². The number of methoxy groups -OCH3 is 2. The summed E-state index contributed by atoms with van der Waals surface area (Å²) in [6, 6.07) is 18.9. The van der Waals surface area contributed by atoms with E-state index in [2.05, 4.69) is 5.32 Å². The van der Waals surface area contributed by atoms with Crippen LogP contribution in [0.15, 0.2) is 66.7 Å². The van der Waals surface area contributed by atoms with Crippen molar-refractivity contribution in [3.8, 4) is 11.5 Å². The molecule has 3 aromatic rings. The molecule has 1 spiro atoms. The molecule has 2 fully saturated rings. The molecule has 0 aromatic heterocycles. The van der Waals surface area contributed by atoms with Gasteiger partial charge in [-0.05, 0) is 55.2 Å². The zero-order chi connectivity index (χ0) is 32.1. The average Bonchev–Trinajstić information content (AvgIpc) is 3.31. The molecule has 0 unspecified atom stereocenters. The molecule has 2 aliphatic heterocycles. The molecule has 2 aliphatic rings. The monoisotopic (exact) mass is 635 g/mol. The Morgan fingerprint density at radius 3 is 2.36 bits per heavy atom. The fourth-order valence-corrected chi connectivity index (χ4v) is 6.23. The Hall–Kier alpha value is -4.84. The van der Waals surface area contributed by atoms with E-state index >= 15 is 0 Å². The minimum absolute atomic E-state index is 0.000608. The third-order valence-electron chi connectivity index (χ3n) is 8.37. The van der Waals surface area contributed by atoms with Gasteiger partial charge in [-0.25, -0.2) is 0 Å². The average molecular weight is 636 g/mol. The van der Waals surface area contributed by atoms with Crippen LogP contribution in [0, 0.1) is 10.1 Å². The number of hydrogen-bond donors (Lipinski definition) is 1. The number of likely N-dealkylation sites (tertiary alicyclic amines) is 1. The van der Waals surface area contributed by atoms with Crippen molar-refractivity contribution in [3.63, 3.8) is 0 Å². The van der Waals surface area contributed by atoms with E-state index in [-0.39, 0.29) is 60.3 Å². The lowest BCUT2D eigenvalue weighted by Gasteiger charge is -2.43. The van der Waals surface area contributed by atoms with Crippen LogP contribution in [0.25, 0.3) is 0 Å². The fourth-order valence-electron chi connectivity index (χ4n) is 5.98. The van der Waals surface area contributed by atoms with Gasteiger partial charge in [0.15, 0.2) is 11.5 Å². The fraction of sp³-hybridized carbons (Fsp3) is 0.344. The summed E-state index contributed by atoms with van der Waals surface area (Å²) in [6.07, 6.45) is 1.26. The zero-order valence-electron chi connectivity index (χ0n) is 25.0. The van der Waals surface area contributed by atoms with Crippen molar-refractivity contribution < 1.29 is 28.8 Å². The van der Waals surface area contributed by atoms with E-state index in [0.29, 0.717) is 37.3 Å². The highest BCUT2D eigenvalue weighted by atomic mass is 35.5. The smallest absolute Gasteiger partial charge is 0.270 e. The summed E-state index contributed by atoms with van der Waals surface area (Å²) in [4.78, 5) is 56.0. The van der Waals surface area contributed by atoms with Crippen LogP contribution in [0.3, 0.4) is 0 Å². The van der Waals surface area contributed by atoms with Crippen LogP contribution in [-0.2, 0) is 16.0 Å². The Bertz CT molecular complexity index is 1590. The summed E-state index contributed by atoms with van der Waals surface area (Å²) in [5.74, 6) is 0.447. The number of anilines is 1. The Morgan fingerprint density at radius 2 is 1.71 bits per heavy atom. The maximum atomic E-state index is 14.0. The molecule has 0 atom stereocenters. The number of non-ortho nitro benzene ring substituents is 1. The lowest BCUT2D eigenvalue weighted by atomic mass is 9.85. The summed E-state index contributed by atoms with van der Waals surface area (Å²) in [5, 5.41) is 14.0. The molecule has 12 nitrogen and oxygen atoms in total. The quantitative estimate of drug-likeness (QED) is 0.262. The molecule has 0 aliphatic carbocycles. The number of carbonyl (C=O) groups is 3. The van der Waals surface area contributed by atoms with Crippen LogP contribution < -0.4 is 19.7 Å². The lowest BCUT2D eigenvalue weighted by molar-refractivity contribution is -0.384. The Kier molecular flexibility index (Phi) is 9.43. The highest BCUT2D eigenvalue weighted by molar-refractivity contribution is 6.34. The molecule has 2 heterocycles. The second-order valence-electron chi connectivity index (χ2n) is 10.9. The van der Waals surface area contributed by atoms with Crippen molar-refractivity contribution in [1.82, 2.24) is 15.1 Å². The van der Waals surface area contributed by atoms with Crippen LogP contribution in [-0.4, -0.2) is 85.1 Å². The number of nitrogens with one attached hydrogen (secondary N) is 1. The first kappa shape index (κ1) is 31.6. The standard InChI is InChI=1S/C32H34ClN5O7/c1-44-27-11-8-22(18-28(27)45-2)12-15-34-29(39)20-36-21-37(23-6-4-3-5-7-23)32(31(36)41)13-16-35(17-14-32)30(40)25-10-9-24(38(42)43)19-26(25)33/h3-11,18-19H,12-17,20-21H2,1-2H3,(H,34,39). The normalized spacial score (nSPS) is 15.7. The summed E-state index contributed by atoms with van der Waals surface area (Å²) in [6.45, 7) is 1.05. The van der Waals surface area contributed by atoms with Gasteiger partial charge in [-0.2, -0.15) is 0 Å². The number of nitro benzene ring substituents is 1. The third kappa shape index (κ3) is 6.51. The first-order chi connectivity index (χ1) is 21.7. The van der Waals surface area contributed by atoms with Crippen LogP contribution >= 0.6 is 11.6 Å². The first-order valence-electron chi connectivity index (χ1n) is 14.5. The molecule has 0 saturated carbocycles.